The summed E-state index contributed by atoms with van der Waals surface area (Å²) in [6.45, 7) is 15.4. The highest BCUT2D eigenvalue weighted by Gasteiger charge is 2.37. The Labute approximate surface area is 230 Å². The fourth-order valence-corrected chi connectivity index (χ4v) is 3.40. The van der Waals surface area contributed by atoms with Crippen molar-refractivity contribution in [2.24, 2.45) is 11.7 Å². The van der Waals surface area contributed by atoms with Crippen LogP contribution in [0.5, 0.6) is 11.5 Å². The van der Waals surface area contributed by atoms with E-state index in [0.717, 1.165) is 6.42 Å². The highest BCUT2D eigenvalue weighted by atomic mass is 16.8. The summed E-state index contributed by atoms with van der Waals surface area (Å²) < 4.78 is 26.3. The van der Waals surface area contributed by atoms with Crippen LogP contribution in [0.15, 0.2) is 18.2 Å². The van der Waals surface area contributed by atoms with E-state index >= 15 is 0 Å². The molecule has 1 aromatic carbocycles. The molecule has 0 radical (unpaired) electrons. The molecule has 0 aromatic heterocycles. The molecular weight excluding hydrogens is 510 g/mol. The number of carboxylic acids is 1. The SMILES string of the molecule is CCC(C)CC(=O)O[C@@H](C)CC(N)(Cc1ccc(OC(=O)OC(C)(C)C)c(OC(=O)OC(C)(C)C)c1)C(=O)O. The Morgan fingerprint density at radius 3 is 1.87 bits per heavy atom. The summed E-state index contributed by atoms with van der Waals surface area (Å²) in [5, 5.41) is 9.93. The van der Waals surface area contributed by atoms with Gasteiger partial charge in [-0.3, -0.25) is 9.59 Å². The fourth-order valence-electron chi connectivity index (χ4n) is 3.40. The third-order valence-corrected chi connectivity index (χ3v) is 5.32. The predicted octanol–water partition coefficient (Wildman–Crippen LogP) is 5.40. The lowest BCUT2D eigenvalue weighted by molar-refractivity contribution is -0.154. The lowest BCUT2D eigenvalue weighted by Crippen LogP contribution is -2.52. The Morgan fingerprint density at radius 1 is 0.897 bits per heavy atom. The number of aliphatic carboxylic acids is 1. The van der Waals surface area contributed by atoms with Crippen molar-refractivity contribution >= 4 is 24.2 Å². The number of esters is 1. The van der Waals surface area contributed by atoms with Gasteiger partial charge in [0.2, 0.25) is 0 Å². The molecule has 0 spiro atoms. The Balaban J connectivity index is 3.22. The van der Waals surface area contributed by atoms with Crippen LogP contribution in [-0.2, 0) is 30.2 Å². The minimum absolute atomic E-state index is 0.136. The minimum atomic E-state index is -1.83. The van der Waals surface area contributed by atoms with E-state index in [1.54, 1.807) is 48.5 Å². The fraction of sp³-hybridized carbons (Fsp3) is 0.643. The average molecular weight is 554 g/mol. The molecule has 0 saturated heterocycles. The van der Waals surface area contributed by atoms with Gasteiger partial charge >= 0.3 is 24.2 Å². The first-order valence-corrected chi connectivity index (χ1v) is 12.9. The molecule has 3 N–H and O–H groups in total. The highest BCUT2D eigenvalue weighted by Crippen LogP contribution is 2.32. The molecule has 11 nitrogen and oxygen atoms in total. The van der Waals surface area contributed by atoms with Crippen LogP contribution < -0.4 is 15.2 Å². The van der Waals surface area contributed by atoms with E-state index in [9.17, 15) is 24.3 Å². The van der Waals surface area contributed by atoms with Crippen LogP contribution in [0.4, 0.5) is 9.59 Å². The van der Waals surface area contributed by atoms with E-state index in [1.165, 1.54) is 18.2 Å². The molecule has 220 valence electrons. The molecule has 0 bridgehead atoms. The molecule has 0 fully saturated rings. The third kappa shape index (κ3) is 12.8. The smallest absolute Gasteiger partial charge is 0.480 e. The number of hydrogen-bond donors (Lipinski definition) is 2. The molecular formula is C28H43NO10. The first-order chi connectivity index (χ1) is 17.7. The molecule has 2 unspecified atom stereocenters. The topological polar surface area (TPSA) is 161 Å². The van der Waals surface area contributed by atoms with Gasteiger partial charge in [-0.2, -0.15) is 0 Å². The maximum atomic E-state index is 12.4. The van der Waals surface area contributed by atoms with Crippen molar-refractivity contribution < 1.29 is 48.0 Å². The van der Waals surface area contributed by atoms with E-state index in [1.807, 2.05) is 13.8 Å². The molecule has 1 rings (SSSR count). The lowest BCUT2D eigenvalue weighted by atomic mass is 9.86. The average Bonchev–Trinajstić information content (AvgIpc) is 2.72. The standard InChI is InChI=1S/C28H43NO10/c1-10-17(2)13-22(30)35-18(3)15-28(29,23(31)32)16-19-11-12-20(36-24(33)38-26(4,5)6)21(14-19)37-25(34)39-27(7,8)9/h11-12,14,17-18H,10,13,15-16,29H2,1-9H3,(H,31,32)/t17?,18-,28?/m0/s1. The second-order valence-corrected chi connectivity index (χ2v) is 11.8. The number of carbonyl (C=O) groups excluding carboxylic acids is 3. The summed E-state index contributed by atoms with van der Waals surface area (Å²) in [6, 6.07) is 4.14. The molecule has 0 aliphatic heterocycles. The largest absolute Gasteiger partial charge is 0.514 e. The number of rotatable bonds is 11. The summed E-state index contributed by atoms with van der Waals surface area (Å²) in [5.41, 5.74) is 3.10. The molecule has 11 heteroatoms. The normalized spacial score (nSPS) is 14.8. The first kappa shape index (κ1) is 33.7. The Bertz CT molecular complexity index is 1020. The quantitative estimate of drug-likeness (QED) is 0.205. The van der Waals surface area contributed by atoms with Gasteiger partial charge in [0.15, 0.2) is 11.5 Å². The van der Waals surface area contributed by atoms with Gasteiger partial charge in [-0.15, -0.1) is 0 Å². The van der Waals surface area contributed by atoms with E-state index in [0.29, 0.717) is 5.56 Å². The van der Waals surface area contributed by atoms with Crippen molar-refractivity contribution in [2.45, 2.75) is 111 Å². The summed E-state index contributed by atoms with van der Waals surface area (Å²) in [4.78, 5) is 49.0. The lowest BCUT2D eigenvalue weighted by Gasteiger charge is -2.28. The number of nitrogens with two attached hydrogens (primary N) is 1. The third-order valence-electron chi connectivity index (χ3n) is 5.32. The van der Waals surface area contributed by atoms with Crippen LogP contribution in [0.25, 0.3) is 0 Å². The van der Waals surface area contributed by atoms with E-state index in [-0.39, 0.29) is 36.7 Å². The summed E-state index contributed by atoms with van der Waals surface area (Å²) in [6.07, 6.45) is -2.23. The van der Waals surface area contributed by atoms with Crippen LogP contribution in [0.1, 0.15) is 87.1 Å². The second-order valence-electron chi connectivity index (χ2n) is 11.8. The van der Waals surface area contributed by atoms with Gasteiger partial charge in [0, 0.05) is 19.3 Å². The van der Waals surface area contributed by atoms with Crippen molar-refractivity contribution in [3.8, 4) is 11.5 Å². The number of benzene rings is 1. The molecule has 39 heavy (non-hydrogen) atoms. The van der Waals surface area contributed by atoms with Gasteiger partial charge in [-0.05, 0) is 72.1 Å². The van der Waals surface area contributed by atoms with E-state index < -0.39 is 47.1 Å². The van der Waals surface area contributed by atoms with Crippen LogP contribution in [0, 0.1) is 5.92 Å². The van der Waals surface area contributed by atoms with Gasteiger partial charge in [0.25, 0.3) is 0 Å². The van der Waals surface area contributed by atoms with E-state index in [2.05, 4.69) is 0 Å². The van der Waals surface area contributed by atoms with Crippen LogP contribution in [0.3, 0.4) is 0 Å². The molecule has 0 saturated carbocycles. The van der Waals surface area contributed by atoms with Gasteiger partial charge in [-0.1, -0.05) is 26.3 Å². The van der Waals surface area contributed by atoms with Gasteiger partial charge in [-0.25, -0.2) is 9.59 Å². The molecule has 0 heterocycles. The van der Waals surface area contributed by atoms with Gasteiger partial charge < -0.3 is 34.5 Å². The summed E-state index contributed by atoms with van der Waals surface area (Å²) in [5.74, 6) is -1.95. The zero-order valence-electron chi connectivity index (χ0n) is 24.4. The van der Waals surface area contributed by atoms with Crippen LogP contribution in [0.2, 0.25) is 0 Å². The van der Waals surface area contributed by atoms with Crippen LogP contribution in [-0.4, -0.2) is 52.2 Å². The highest BCUT2D eigenvalue weighted by molar-refractivity contribution is 5.79. The molecule has 0 aliphatic rings. The number of carboxylic acid groups (broad SMARTS) is 1. The molecule has 0 amide bonds. The van der Waals surface area contributed by atoms with Crippen LogP contribution >= 0.6 is 0 Å². The molecule has 3 atom stereocenters. The molecule has 1 aromatic rings. The first-order valence-electron chi connectivity index (χ1n) is 12.9. The minimum Gasteiger partial charge on any atom is -0.480 e. The maximum absolute atomic E-state index is 12.4. The number of hydrogen-bond acceptors (Lipinski definition) is 10. The monoisotopic (exact) mass is 553 g/mol. The van der Waals surface area contributed by atoms with Crippen molar-refractivity contribution in [3.05, 3.63) is 23.8 Å². The Hall–Kier alpha value is -3.34. The van der Waals surface area contributed by atoms with Gasteiger partial charge in [0.05, 0.1) is 0 Å². The number of ether oxygens (including phenoxy) is 5. The van der Waals surface area contributed by atoms with Gasteiger partial charge in [0.1, 0.15) is 22.8 Å². The zero-order chi connectivity index (χ0) is 30.2. The van der Waals surface area contributed by atoms with Crippen molar-refractivity contribution in [3.63, 3.8) is 0 Å². The zero-order valence-corrected chi connectivity index (χ0v) is 24.4. The summed E-state index contributed by atoms with van der Waals surface area (Å²) >= 11 is 0. The van der Waals surface area contributed by atoms with Crippen molar-refractivity contribution in [2.75, 3.05) is 0 Å². The van der Waals surface area contributed by atoms with Crippen molar-refractivity contribution in [1.82, 2.24) is 0 Å². The summed E-state index contributed by atoms with van der Waals surface area (Å²) in [7, 11) is 0. The van der Waals surface area contributed by atoms with E-state index in [4.69, 9.17) is 29.4 Å². The number of carbonyl (C=O) groups is 4. The maximum Gasteiger partial charge on any atom is 0.514 e. The van der Waals surface area contributed by atoms with Crippen molar-refractivity contribution in [1.29, 1.82) is 0 Å². The predicted molar refractivity (Wildman–Crippen MR) is 143 cm³/mol. The Morgan fingerprint density at radius 2 is 1.41 bits per heavy atom. The second kappa shape index (κ2) is 13.6. The molecule has 0 aliphatic carbocycles. The Kier molecular flexibility index (Phi) is 11.8.